The van der Waals surface area contributed by atoms with Gasteiger partial charge in [-0.25, -0.2) is 0 Å². The molecule has 0 saturated heterocycles. The maximum Gasteiger partial charge on any atom is 6.00 e. The second-order valence-electron chi connectivity index (χ2n) is 12.9. The number of rotatable bonds is 6. The van der Waals surface area contributed by atoms with Gasteiger partial charge < -0.3 is 59.4 Å². The van der Waals surface area contributed by atoms with E-state index < -0.39 is 35.8 Å². The summed E-state index contributed by atoms with van der Waals surface area (Å²) in [6.07, 6.45) is 0. The van der Waals surface area contributed by atoms with E-state index in [2.05, 4.69) is 0 Å². The van der Waals surface area contributed by atoms with Crippen molar-refractivity contribution in [3.05, 3.63) is 212 Å². The molecule has 13 heteroatoms. The molecule has 0 aliphatic heterocycles. The minimum atomic E-state index is -1.12. The maximum atomic E-state index is 10.2. The number of carboxylic acid groups (broad SMARTS) is 6. The second kappa shape index (κ2) is 28.3. The van der Waals surface area contributed by atoms with Gasteiger partial charge in [-0.3, -0.25) is 0 Å². The third kappa shape index (κ3) is 23.1. The SMILES string of the molecule is Cc1ccc(C(=O)[O-])cc1.Cc1ccc(C(=O)[O-])cc1.Cc1ccc(C(=O)[O-])cc1.Cc1ccc(C(=O)[O-])cc1.Cc1ccc(C(=O)[O-])cc1.Cc1ccc(C(=O)[O-])cc1.[Mo+6]. The third-order valence-electron chi connectivity index (χ3n) is 7.72. The molecule has 0 aromatic heterocycles. The van der Waals surface area contributed by atoms with Gasteiger partial charge in [0.1, 0.15) is 0 Å². The van der Waals surface area contributed by atoms with Gasteiger partial charge in [-0.05, 0) is 74.9 Å². The monoisotopic (exact) mass is 908 g/mol. The van der Waals surface area contributed by atoms with Crippen LogP contribution < -0.4 is 30.6 Å². The fourth-order valence-corrected chi connectivity index (χ4v) is 4.14. The summed E-state index contributed by atoms with van der Waals surface area (Å²) in [6, 6.07) is 39.3. The van der Waals surface area contributed by atoms with E-state index in [-0.39, 0.29) is 54.4 Å². The van der Waals surface area contributed by atoms with E-state index in [1.54, 1.807) is 72.8 Å². The summed E-state index contributed by atoms with van der Waals surface area (Å²) in [5, 5.41) is 61.2. The van der Waals surface area contributed by atoms with Crippen LogP contribution in [0.3, 0.4) is 0 Å². The van der Waals surface area contributed by atoms with Crippen molar-refractivity contribution in [3.8, 4) is 0 Å². The summed E-state index contributed by atoms with van der Waals surface area (Å²) in [7, 11) is 0. The molecule has 0 radical (unpaired) electrons. The molecule has 0 heterocycles. The maximum absolute atomic E-state index is 10.2. The fourth-order valence-electron chi connectivity index (χ4n) is 4.14. The van der Waals surface area contributed by atoms with Crippen LogP contribution in [0.2, 0.25) is 0 Å². The second-order valence-corrected chi connectivity index (χ2v) is 12.9. The van der Waals surface area contributed by atoms with E-state index in [4.69, 9.17) is 0 Å². The first-order chi connectivity index (χ1) is 28.2. The van der Waals surface area contributed by atoms with Gasteiger partial charge in [0.05, 0.1) is 35.8 Å². The Labute approximate surface area is 368 Å². The topological polar surface area (TPSA) is 241 Å². The standard InChI is InChI=1S/6C8H8O2.Mo/c6*1-6-2-4-7(5-3-6)8(9)10;/h6*2-5H,1H3,(H,9,10);/q;;;;;;+6/p-6. The van der Waals surface area contributed by atoms with Gasteiger partial charge >= 0.3 is 21.1 Å². The van der Waals surface area contributed by atoms with Gasteiger partial charge in [-0.15, -0.1) is 0 Å². The van der Waals surface area contributed by atoms with Crippen LogP contribution in [0.4, 0.5) is 0 Å². The van der Waals surface area contributed by atoms with Gasteiger partial charge in [-0.1, -0.05) is 179 Å². The van der Waals surface area contributed by atoms with Crippen molar-refractivity contribution >= 4 is 35.8 Å². The van der Waals surface area contributed by atoms with Gasteiger partial charge in [0.2, 0.25) is 0 Å². The normalized spacial score (nSPS) is 9.15. The van der Waals surface area contributed by atoms with E-state index in [0.29, 0.717) is 0 Å². The molecule has 0 aliphatic carbocycles. The molecule has 0 N–H and O–H groups in total. The number of aromatic carboxylic acids is 6. The van der Waals surface area contributed by atoms with Crippen molar-refractivity contribution in [1.29, 1.82) is 0 Å². The zero-order chi connectivity index (χ0) is 45.4. The number of carboxylic acids is 6. The molecular weight excluding hydrogens is 864 g/mol. The number of aryl methyl sites for hydroxylation is 6. The Morgan fingerprint density at radius 3 is 0.377 bits per heavy atom. The van der Waals surface area contributed by atoms with E-state index in [1.165, 1.54) is 72.8 Å². The summed E-state index contributed by atoms with van der Waals surface area (Å²) >= 11 is 0. The van der Waals surface area contributed by atoms with E-state index in [1.807, 2.05) is 41.5 Å². The summed E-state index contributed by atoms with van der Waals surface area (Å²) in [5.41, 5.74) is 7.64. The Hall–Kier alpha value is -7.17. The average Bonchev–Trinajstić information content (AvgIpc) is 3.20. The van der Waals surface area contributed by atoms with Crippen LogP contribution in [-0.4, -0.2) is 35.8 Å². The molecule has 0 amide bonds. The van der Waals surface area contributed by atoms with Gasteiger partial charge in [0, 0.05) is 0 Å². The zero-order valence-electron chi connectivity index (χ0n) is 34.2. The fraction of sp³-hybridized carbons (Fsp3) is 0.125. The Kier molecular flexibility index (Phi) is 25.0. The van der Waals surface area contributed by atoms with Crippen LogP contribution in [0.15, 0.2) is 146 Å². The minimum Gasteiger partial charge on any atom is -0.545 e. The summed E-state index contributed by atoms with van der Waals surface area (Å²) in [6.45, 7) is 11.4. The average molecular weight is 907 g/mol. The van der Waals surface area contributed by atoms with Gasteiger partial charge in [0.25, 0.3) is 0 Å². The molecule has 0 aliphatic rings. The Balaban J connectivity index is 0.000000706. The van der Waals surface area contributed by atoms with Crippen LogP contribution in [0.5, 0.6) is 0 Å². The first-order valence-corrected chi connectivity index (χ1v) is 17.9. The molecule has 6 aromatic rings. The molecule has 6 aromatic carbocycles. The molecule has 61 heavy (non-hydrogen) atoms. The molecular formula is C48H42MoO12. The molecule has 6 rings (SSSR count). The molecule has 0 unspecified atom stereocenters. The first kappa shape index (κ1) is 53.8. The van der Waals surface area contributed by atoms with Crippen molar-refractivity contribution in [2.45, 2.75) is 41.5 Å². The number of hydrogen-bond acceptors (Lipinski definition) is 12. The van der Waals surface area contributed by atoms with Crippen LogP contribution in [0, 0.1) is 41.5 Å². The molecule has 0 spiro atoms. The quantitative estimate of drug-likeness (QED) is 0.219. The molecule has 0 bridgehead atoms. The van der Waals surface area contributed by atoms with Gasteiger partial charge in [-0.2, -0.15) is 0 Å². The predicted molar refractivity (Wildman–Crippen MR) is 213 cm³/mol. The van der Waals surface area contributed by atoms with E-state index >= 15 is 0 Å². The third-order valence-corrected chi connectivity index (χ3v) is 7.72. The molecule has 312 valence electrons. The van der Waals surface area contributed by atoms with Crippen LogP contribution in [0.1, 0.15) is 95.5 Å². The van der Waals surface area contributed by atoms with Crippen molar-refractivity contribution in [1.82, 2.24) is 0 Å². The number of benzene rings is 6. The van der Waals surface area contributed by atoms with Crippen LogP contribution in [0.25, 0.3) is 0 Å². The van der Waals surface area contributed by atoms with Gasteiger partial charge in [0.15, 0.2) is 0 Å². The van der Waals surface area contributed by atoms with Crippen LogP contribution in [-0.2, 0) is 21.1 Å². The van der Waals surface area contributed by atoms with Crippen molar-refractivity contribution in [3.63, 3.8) is 0 Å². The Bertz CT molecular complexity index is 1850. The number of carbonyl (C=O) groups excluding carboxylic acids is 6. The van der Waals surface area contributed by atoms with Crippen molar-refractivity contribution in [2.24, 2.45) is 0 Å². The number of hydrogen-bond donors (Lipinski definition) is 0. The van der Waals surface area contributed by atoms with E-state index in [9.17, 15) is 59.4 Å². The molecule has 0 saturated carbocycles. The van der Waals surface area contributed by atoms with Crippen LogP contribution >= 0.6 is 0 Å². The summed E-state index contributed by atoms with van der Waals surface area (Å²) in [5.74, 6) is -6.75. The molecule has 0 atom stereocenters. The minimum absolute atomic E-state index is 0. The predicted octanol–water partition coefficient (Wildman–Crippen LogP) is 2.15. The largest absolute Gasteiger partial charge is 6.00 e. The zero-order valence-corrected chi connectivity index (χ0v) is 36.2. The molecule has 12 nitrogen and oxygen atoms in total. The first-order valence-electron chi connectivity index (χ1n) is 17.9. The Morgan fingerprint density at radius 2 is 0.311 bits per heavy atom. The smallest absolute Gasteiger partial charge is 0.545 e. The van der Waals surface area contributed by atoms with E-state index in [0.717, 1.165) is 33.4 Å². The van der Waals surface area contributed by atoms with Crippen molar-refractivity contribution < 1.29 is 80.5 Å². The molecule has 0 fully saturated rings. The summed E-state index contributed by atoms with van der Waals surface area (Å²) in [4.78, 5) is 61.2. The number of carbonyl (C=O) groups is 6. The summed E-state index contributed by atoms with van der Waals surface area (Å²) < 4.78 is 0. The Morgan fingerprint density at radius 1 is 0.230 bits per heavy atom. The van der Waals surface area contributed by atoms with Crippen molar-refractivity contribution in [2.75, 3.05) is 0 Å².